The van der Waals surface area contributed by atoms with Gasteiger partial charge in [0.25, 0.3) is 11.9 Å². The Morgan fingerprint density at radius 2 is 1.74 bits per heavy atom. The topological polar surface area (TPSA) is 59.3 Å². The highest BCUT2D eigenvalue weighted by Gasteiger charge is 2.16. The van der Waals surface area contributed by atoms with E-state index in [1.807, 2.05) is 60.0 Å². The van der Waals surface area contributed by atoms with E-state index in [1.54, 1.807) is 4.52 Å². The maximum Gasteiger partial charge on any atom is 0.258 e. The van der Waals surface area contributed by atoms with Crippen LogP contribution in [0.2, 0.25) is 0 Å². The molecular formula is C21H20N4OS. The van der Waals surface area contributed by atoms with Gasteiger partial charge in [-0.25, -0.2) is 4.52 Å². The lowest BCUT2D eigenvalue weighted by Crippen LogP contribution is -2.15. The predicted molar refractivity (Wildman–Crippen MR) is 109 cm³/mol. The summed E-state index contributed by atoms with van der Waals surface area (Å²) in [6, 6.07) is 17.7. The summed E-state index contributed by atoms with van der Waals surface area (Å²) in [4.78, 5) is 17.7. The number of fused-ring (bicyclic) bond motifs is 1. The van der Waals surface area contributed by atoms with E-state index in [0.29, 0.717) is 11.5 Å². The molecule has 6 heteroatoms. The number of hydrogen-bond donors (Lipinski definition) is 1. The maximum absolute atomic E-state index is 12.5. The zero-order chi connectivity index (χ0) is 19.0. The molecule has 5 nitrogen and oxygen atoms in total. The van der Waals surface area contributed by atoms with Gasteiger partial charge in [-0.3, -0.25) is 10.1 Å². The number of benzene rings is 2. The molecule has 0 saturated heterocycles. The molecule has 0 atom stereocenters. The largest absolute Gasteiger partial charge is 0.289 e. The Morgan fingerprint density at radius 3 is 2.41 bits per heavy atom. The van der Waals surface area contributed by atoms with Crippen molar-refractivity contribution >= 4 is 28.2 Å². The number of carbonyl (C=O) groups is 1. The number of carbonyl (C=O) groups excluding carboxylic acids is 1. The van der Waals surface area contributed by atoms with E-state index < -0.39 is 0 Å². The van der Waals surface area contributed by atoms with E-state index in [0.717, 1.165) is 16.2 Å². The monoisotopic (exact) mass is 376 g/mol. The van der Waals surface area contributed by atoms with Gasteiger partial charge in [0, 0.05) is 16.5 Å². The average molecular weight is 376 g/mol. The van der Waals surface area contributed by atoms with Gasteiger partial charge in [-0.15, -0.1) is 16.4 Å². The molecule has 4 rings (SSSR count). The summed E-state index contributed by atoms with van der Waals surface area (Å²) in [5.74, 6) is 0.0962. The SMILES string of the molecule is CC(C)(C)c1ccc(C(=O)Nc2nc3scc(-c4ccccc4)n3n2)cc1. The van der Waals surface area contributed by atoms with E-state index in [2.05, 4.69) is 36.2 Å². The van der Waals surface area contributed by atoms with Crippen molar-refractivity contribution in [2.75, 3.05) is 5.32 Å². The first-order chi connectivity index (χ1) is 12.9. The zero-order valence-corrected chi connectivity index (χ0v) is 16.2. The minimum atomic E-state index is -0.213. The normalized spacial score (nSPS) is 11.7. The van der Waals surface area contributed by atoms with Gasteiger partial charge in [0.2, 0.25) is 4.96 Å². The van der Waals surface area contributed by atoms with Gasteiger partial charge in [-0.05, 0) is 23.1 Å². The van der Waals surface area contributed by atoms with Crippen molar-refractivity contribution in [3.63, 3.8) is 0 Å². The number of nitrogens with one attached hydrogen (secondary N) is 1. The van der Waals surface area contributed by atoms with Crippen molar-refractivity contribution in [2.24, 2.45) is 0 Å². The molecule has 0 unspecified atom stereocenters. The molecule has 2 heterocycles. The fourth-order valence-electron chi connectivity index (χ4n) is 2.84. The van der Waals surface area contributed by atoms with Gasteiger partial charge in [0.05, 0.1) is 5.69 Å². The summed E-state index contributed by atoms with van der Waals surface area (Å²) in [5.41, 5.74) is 3.84. The van der Waals surface area contributed by atoms with Gasteiger partial charge >= 0.3 is 0 Å². The Balaban J connectivity index is 1.57. The molecule has 27 heavy (non-hydrogen) atoms. The Morgan fingerprint density at radius 1 is 1.04 bits per heavy atom. The molecule has 0 saturated carbocycles. The van der Waals surface area contributed by atoms with Crippen LogP contribution in [-0.2, 0) is 5.41 Å². The standard InChI is InChI=1S/C21H20N4OS/c1-21(2,3)16-11-9-15(10-12-16)18(26)22-19-23-20-25(24-19)17(13-27-20)14-7-5-4-6-8-14/h4-13H,1-3H3,(H,22,24,26). The van der Waals surface area contributed by atoms with Crippen LogP contribution < -0.4 is 5.32 Å². The number of hydrogen-bond acceptors (Lipinski definition) is 4. The van der Waals surface area contributed by atoms with Crippen LogP contribution in [0.4, 0.5) is 5.95 Å². The van der Waals surface area contributed by atoms with Crippen LogP contribution in [0, 0.1) is 0 Å². The molecule has 0 aliphatic rings. The fraction of sp³-hybridized carbons (Fsp3) is 0.190. The number of aromatic nitrogens is 3. The maximum atomic E-state index is 12.5. The van der Waals surface area contributed by atoms with E-state index in [9.17, 15) is 4.79 Å². The molecule has 0 aliphatic carbocycles. The molecule has 2 aromatic heterocycles. The number of amides is 1. The van der Waals surface area contributed by atoms with Crippen molar-refractivity contribution in [1.82, 2.24) is 14.6 Å². The molecule has 0 fully saturated rings. The van der Waals surface area contributed by atoms with Crippen LogP contribution in [0.25, 0.3) is 16.2 Å². The third-order valence-electron chi connectivity index (χ3n) is 4.39. The molecule has 0 aliphatic heterocycles. The molecule has 1 N–H and O–H groups in total. The van der Waals surface area contributed by atoms with Gasteiger partial charge in [-0.2, -0.15) is 4.98 Å². The molecule has 0 spiro atoms. The lowest BCUT2D eigenvalue weighted by molar-refractivity contribution is 0.102. The summed E-state index contributed by atoms with van der Waals surface area (Å²) in [5, 5.41) is 9.27. The van der Waals surface area contributed by atoms with Crippen LogP contribution in [0.5, 0.6) is 0 Å². The van der Waals surface area contributed by atoms with Crippen LogP contribution in [0.15, 0.2) is 60.0 Å². The van der Waals surface area contributed by atoms with E-state index in [-0.39, 0.29) is 11.3 Å². The van der Waals surface area contributed by atoms with Crippen molar-refractivity contribution in [1.29, 1.82) is 0 Å². The van der Waals surface area contributed by atoms with Crippen molar-refractivity contribution in [3.8, 4) is 11.3 Å². The summed E-state index contributed by atoms with van der Waals surface area (Å²) in [6.45, 7) is 6.44. The molecule has 2 aromatic carbocycles. The number of rotatable bonds is 3. The molecule has 0 radical (unpaired) electrons. The number of anilines is 1. The van der Waals surface area contributed by atoms with Gasteiger partial charge in [-0.1, -0.05) is 63.2 Å². The second kappa shape index (κ2) is 6.63. The number of nitrogens with zero attached hydrogens (tertiary/aromatic N) is 3. The first-order valence-electron chi connectivity index (χ1n) is 8.73. The number of thiazole rings is 1. The zero-order valence-electron chi connectivity index (χ0n) is 15.4. The third kappa shape index (κ3) is 3.48. The Labute approximate surface area is 161 Å². The third-order valence-corrected chi connectivity index (χ3v) is 5.21. The molecule has 4 aromatic rings. The highest BCUT2D eigenvalue weighted by atomic mass is 32.1. The molecule has 0 bridgehead atoms. The van der Waals surface area contributed by atoms with E-state index >= 15 is 0 Å². The second-order valence-corrected chi connectivity index (χ2v) is 8.23. The van der Waals surface area contributed by atoms with Crippen LogP contribution in [0.3, 0.4) is 0 Å². The summed E-state index contributed by atoms with van der Waals surface area (Å²) < 4.78 is 1.76. The van der Waals surface area contributed by atoms with E-state index in [4.69, 9.17) is 0 Å². The lowest BCUT2D eigenvalue weighted by atomic mass is 9.87. The van der Waals surface area contributed by atoms with Crippen LogP contribution >= 0.6 is 11.3 Å². The second-order valence-electron chi connectivity index (χ2n) is 7.40. The van der Waals surface area contributed by atoms with Gasteiger partial charge < -0.3 is 0 Å². The minimum Gasteiger partial charge on any atom is -0.289 e. The first-order valence-corrected chi connectivity index (χ1v) is 9.61. The molecule has 136 valence electrons. The first kappa shape index (κ1) is 17.4. The fourth-order valence-corrected chi connectivity index (χ4v) is 3.67. The molecule has 1 amide bonds. The highest BCUT2D eigenvalue weighted by molar-refractivity contribution is 7.15. The van der Waals surface area contributed by atoms with E-state index in [1.165, 1.54) is 16.9 Å². The summed E-state index contributed by atoms with van der Waals surface area (Å²) in [6.07, 6.45) is 0. The minimum absolute atomic E-state index is 0.0542. The van der Waals surface area contributed by atoms with Gasteiger partial charge in [0.1, 0.15) is 0 Å². The highest BCUT2D eigenvalue weighted by Crippen LogP contribution is 2.26. The van der Waals surface area contributed by atoms with Crippen LogP contribution in [-0.4, -0.2) is 20.5 Å². The lowest BCUT2D eigenvalue weighted by Gasteiger charge is -2.18. The summed E-state index contributed by atoms with van der Waals surface area (Å²) in [7, 11) is 0. The smallest absolute Gasteiger partial charge is 0.258 e. The van der Waals surface area contributed by atoms with Crippen molar-refractivity contribution in [3.05, 3.63) is 71.1 Å². The Kier molecular flexibility index (Phi) is 4.28. The average Bonchev–Trinajstić information content (AvgIpc) is 3.22. The Bertz CT molecular complexity index is 1090. The van der Waals surface area contributed by atoms with Gasteiger partial charge in [0.15, 0.2) is 0 Å². The quantitative estimate of drug-likeness (QED) is 0.547. The van der Waals surface area contributed by atoms with Crippen molar-refractivity contribution < 1.29 is 4.79 Å². The predicted octanol–water partition coefficient (Wildman–Crippen LogP) is 5.01. The molecular weight excluding hydrogens is 356 g/mol. The Hall–Kier alpha value is -2.99. The van der Waals surface area contributed by atoms with Crippen molar-refractivity contribution in [2.45, 2.75) is 26.2 Å². The van der Waals surface area contributed by atoms with Crippen LogP contribution in [0.1, 0.15) is 36.7 Å². The summed E-state index contributed by atoms with van der Waals surface area (Å²) >= 11 is 1.50.